The Hall–Kier alpha value is -2.40. The first-order valence-electron chi connectivity index (χ1n) is 7.20. The van der Waals surface area contributed by atoms with Crippen LogP contribution in [0.1, 0.15) is 32.1 Å². The zero-order chi connectivity index (χ0) is 15.1. The molecule has 1 amide bonds. The molecule has 2 N–H and O–H groups in total. The van der Waals surface area contributed by atoms with Crippen molar-refractivity contribution in [2.24, 2.45) is 0 Å². The molecule has 1 aliphatic rings. The second-order valence-corrected chi connectivity index (χ2v) is 6.44. The lowest BCUT2D eigenvalue weighted by Crippen LogP contribution is -2.17. The maximum absolute atomic E-state index is 11.8. The molecule has 1 aliphatic carbocycles. The number of nitrogens with one attached hydrogen (secondary N) is 2. The van der Waals surface area contributed by atoms with Crippen LogP contribution in [0.25, 0.3) is 11.3 Å². The number of amides is 1. The Morgan fingerprint density at radius 1 is 1.41 bits per heavy atom. The molecule has 22 heavy (non-hydrogen) atoms. The van der Waals surface area contributed by atoms with Gasteiger partial charge in [-0.2, -0.15) is 5.10 Å². The fraction of sp³-hybridized carbons (Fsp3) is 0.176. The van der Waals surface area contributed by atoms with Crippen LogP contribution in [0.4, 0.5) is 0 Å². The van der Waals surface area contributed by atoms with Gasteiger partial charge in [0.1, 0.15) is 0 Å². The number of carbonyl (C=O) groups is 1. The van der Waals surface area contributed by atoms with E-state index in [2.05, 4.69) is 33.0 Å². The second kappa shape index (κ2) is 5.10. The lowest BCUT2D eigenvalue weighted by molar-refractivity contribution is 0.0963. The zero-order valence-electron chi connectivity index (χ0n) is 12.1. The van der Waals surface area contributed by atoms with Crippen LogP contribution in [0.2, 0.25) is 0 Å². The summed E-state index contributed by atoms with van der Waals surface area (Å²) < 4.78 is 0. The smallest absolute Gasteiger partial charge is 0.251 e. The van der Waals surface area contributed by atoms with Crippen LogP contribution in [0.3, 0.4) is 0 Å². The van der Waals surface area contributed by atoms with E-state index in [0.717, 1.165) is 29.8 Å². The molecule has 3 aromatic rings. The molecule has 4 rings (SSSR count). The molecule has 0 saturated carbocycles. The number of aromatic nitrogens is 2. The Morgan fingerprint density at radius 2 is 2.32 bits per heavy atom. The molecule has 0 aliphatic heterocycles. The third-order valence-electron chi connectivity index (χ3n) is 4.11. The summed E-state index contributed by atoms with van der Waals surface area (Å²) in [7, 11) is 1.65. The third kappa shape index (κ3) is 2.05. The van der Waals surface area contributed by atoms with Crippen molar-refractivity contribution in [1.82, 2.24) is 15.5 Å². The highest BCUT2D eigenvalue weighted by Crippen LogP contribution is 2.37. The topological polar surface area (TPSA) is 57.8 Å². The lowest BCUT2D eigenvalue weighted by atomic mass is 10.0. The van der Waals surface area contributed by atoms with Gasteiger partial charge in [0.05, 0.1) is 11.4 Å². The van der Waals surface area contributed by atoms with Gasteiger partial charge < -0.3 is 5.32 Å². The Bertz CT molecular complexity index is 849. The maximum atomic E-state index is 11.8. The van der Waals surface area contributed by atoms with Crippen LogP contribution in [0, 0.1) is 0 Å². The average Bonchev–Trinajstić information content (AvgIpc) is 3.24. The fourth-order valence-electron chi connectivity index (χ4n) is 3.00. The van der Waals surface area contributed by atoms with Crippen molar-refractivity contribution in [3.05, 3.63) is 63.0 Å². The number of hydrogen-bond donors (Lipinski definition) is 2. The van der Waals surface area contributed by atoms with Crippen molar-refractivity contribution in [1.29, 1.82) is 0 Å². The molecule has 2 aromatic heterocycles. The number of aromatic amines is 1. The molecule has 0 unspecified atom stereocenters. The number of H-pyrrole nitrogens is 1. The van der Waals surface area contributed by atoms with Crippen molar-refractivity contribution >= 4 is 17.2 Å². The van der Waals surface area contributed by atoms with E-state index >= 15 is 0 Å². The quantitative estimate of drug-likeness (QED) is 0.611. The molecule has 0 radical (unpaired) electrons. The van der Waals surface area contributed by atoms with E-state index in [1.54, 1.807) is 18.4 Å². The number of benzene rings is 1. The van der Waals surface area contributed by atoms with E-state index in [4.69, 9.17) is 0 Å². The first-order chi connectivity index (χ1) is 10.8. The SMILES string of the molecule is CNC(=O)c1ccc2c(c1)Cc1c(Cc3cccs3)n[nH]c1-2. The van der Waals surface area contributed by atoms with Gasteiger partial charge in [-0.1, -0.05) is 12.1 Å². The average molecular weight is 309 g/mol. The minimum Gasteiger partial charge on any atom is -0.355 e. The normalized spacial score (nSPS) is 12.0. The first kappa shape index (κ1) is 13.3. The summed E-state index contributed by atoms with van der Waals surface area (Å²) >= 11 is 1.75. The molecule has 0 bridgehead atoms. The van der Waals surface area contributed by atoms with Crippen molar-refractivity contribution < 1.29 is 4.79 Å². The number of rotatable bonds is 3. The summed E-state index contributed by atoms with van der Waals surface area (Å²) in [6, 6.07) is 10.1. The van der Waals surface area contributed by atoms with E-state index in [-0.39, 0.29) is 5.91 Å². The molecular weight excluding hydrogens is 294 g/mol. The molecular formula is C17H15N3OS. The molecule has 1 aromatic carbocycles. The van der Waals surface area contributed by atoms with Gasteiger partial charge in [-0.25, -0.2) is 0 Å². The van der Waals surface area contributed by atoms with Crippen LogP contribution in [-0.4, -0.2) is 23.2 Å². The van der Waals surface area contributed by atoms with Gasteiger partial charge in [0.25, 0.3) is 5.91 Å². The number of carbonyl (C=O) groups excluding carboxylic acids is 1. The monoisotopic (exact) mass is 309 g/mol. The largest absolute Gasteiger partial charge is 0.355 e. The minimum absolute atomic E-state index is 0.0460. The van der Waals surface area contributed by atoms with Gasteiger partial charge >= 0.3 is 0 Å². The highest BCUT2D eigenvalue weighted by molar-refractivity contribution is 7.09. The van der Waals surface area contributed by atoms with Crippen LogP contribution < -0.4 is 5.32 Å². The van der Waals surface area contributed by atoms with Gasteiger partial charge in [0.15, 0.2) is 0 Å². The van der Waals surface area contributed by atoms with Crippen LogP contribution in [-0.2, 0) is 12.8 Å². The fourth-order valence-corrected chi connectivity index (χ4v) is 3.71. The zero-order valence-corrected chi connectivity index (χ0v) is 13.0. The third-order valence-corrected chi connectivity index (χ3v) is 4.98. The molecule has 4 nitrogen and oxygen atoms in total. The van der Waals surface area contributed by atoms with Crippen molar-refractivity contribution in [2.45, 2.75) is 12.8 Å². The molecule has 0 atom stereocenters. The Labute approximate surface area is 132 Å². The molecule has 0 saturated heterocycles. The highest BCUT2D eigenvalue weighted by Gasteiger charge is 2.25. The number of hydrogen-bond acceptors (Lipinski definition) is 3. The summed E-state index contributed by atoms with van der Waals surface area (Å²) in [6.07, 6.45) is 1.70. The van der Waals surface area contributed by atoms with Crippen LogP contribution >= 0.6 is 11.3 Å². The Balaban J connectivity index is 1.69. The van der Waals surface area contributed by atoms with Crippen LogP contribution in [0.5, 0.6) is 0 Å². The molecule has 0 fully saturated rings. The first-order valence-corrected chi connectivity index (χ1v) is 8.08. The Morgan fingerprint density at radius 3 is 3.09 bits per heavy atom. The predicted octanol–water partition coefficient (Wildman–Crippen LogP) is 2.99. The molecule has 2 heterocycles. The van der Waals surface area contributed by atoms with Gasteiger partial charge in [-0.05, 0) is 29.1 Å². The van der Waals surface area contributed by atoms with Crippen LogP contribution in [0.15, 0.2) is 35.7 Å². The van der Waals surface area contributed by atoms with Gasteiger partial charge in [0, 0.05) is 41.5 Å². The van der Waals surface area contributed by atoms with Crippen molar-refractivity contribution in [3.63, 3.8) is 0 Å². The highest BCUT2D eigenvalue weighted by atomic mass is 32.1. The summed E-state index contributed by atoms with van der Waals surface area (Å²) in [5.41, 5.74) is 6.53. The maximum Gasteiger partial charge on any atom is 0.251 e. The Kier molecular flexibility index (Phi) is 3.08. The number of fused-ring (bicyclic) bond motifs is 3. The molecule has 0 spiro atoms. The van der Waals surface area contributed by atoms with E-state index in [1.807, 2.05) is 18.2 Å². The summed E-state index contributed by atoms with van der Waals surface area (Å²) in [5.74, 6) is -0.0460. The van der Waals surface area contributed by atoms with E-state index < -0.39 is 0 Å². The van der Waals surface area contributed by atoms with Crippen molar-refractivity contribution in [2.75, 3.05) is 7.05 Å². The molecule has 5 heteroatoms. The number of thiophene rings is 1. The van der Waals surface area contributed by atoms with Crippen molar-refractivity contribution in [3.8, 4) is 11.3 Å². The van der Waals surface area contributed by atoms with Gasteiger partial charge in [-0.3, -0.25) is 9.89 Å². The van der Waals surface area contributed by atoms with E-state index in [0.29, 0.717) is 5.56 Å². The minimum atomic E-state index is -0.0460. The van der Waals surface area contributed by atoms with E-state index in [9.17, 15) is 4.79 Å². The second-order valence-electron chi connectivity index (χ2n) is 5.41. The van der Waals surface area contributed by atoms with Gasteiger partial charge in [-0.15, -0.1) is 11.3 Å². The van der Waals surface area contributed by atoms with E-state index in [1.165, 1.54) is 16.0 Å². The summed E-state index contributed by atoms with van der Waals surface area (Å²) in [4.78, 5) is 13.1. The lowest BCUT2D eigenvalue weighted by Gasteiger charge is -2.04. The standard InChI is InChI=1S/C17H15N3OS/c1-18-17(21)10-4-5-13-11(7-10)8-14-15(19-20-16(13)14)9-12-3-2-6-22-12/h2-7H,8-9H2,1H3,(H,18,21)(H,19,20). The predicted molar refractivity (Wildman–Crippen MR) is 87.3 cm³/mol. The van der Waals surface area contributed by atoms with Gasteiger partial charge in [0.2, 0.25) is 0 Å². The number of nitrogens with zero attached hydrogens (tertiary/aromatic N) is 1. The molecule has 110 valence electrons. The summed E-state index contributed by atoms with van der Waals surface area (Å²) in [5, 5.41) is 12.4. The summed E-state index contributed by atoms with van der Waals surface area (Å²) in [6.45, 7) is 0.